The fraction of sp³-hybridized carbons (Fsp3) is 0.111. The van der Waals surface area contributed by atoms with Crippen molar-refractivity contribution in [3.63, 3.8) is 0 Å². The number of fused-ring (bicyclic) bond motifs is 1. The number of carbonyl (C=O) groups is 2. The van der Waals surface area contributed by atoms with Gasteiger partial charge < -0.3 is 4.57 Å². The van der Waals surface area contributed by atoms with Gasteiger partial charge in [-0.15, -0.1) is 0 Å². The number of imide groups is 1. The van der Waals surface area contributed by atoms with Crippen molar-refractivity contribution in [2.24, 2.45) is 0 Å². The molecule has 1 aliphatic heterocycles. The largest absolute Gasteiger partial charge is 0.318 e. The van der Waals surface area contributed by atoms with Crippen LogP contribution in [0.3, 0.4) is 0 Å². The van der Waals surface area contributed by atoms with Crippen molar-refractivity contribution >= 4 is 39.8 Å². The Morgan fingerprint density at radius 3 is 2.42 bits per heavy atom. The summed E-state index contributed by atoms with van der Waals surface area (Å²) in [6.45, 7) is 3.94. The van der Waals surface area contributed by atoms with Crippen molar-refractivity contribution in [1.82, 2.24) is 9.47 Å². The van der Waals surface area contributed by atoms with Crippen LogP contribution in [0.15, 0.2) is 77.7 Å². The number of rotatable bonds is 4. The zero-order valence-electron chi connectivity index (χ0n) is 18.2. The van der Waals surface area contributed by atoms with E-state index >= 15 is 0 Å². The third-order valence-corrected chi connectivity index (χ3v) is 6.82. The van der Waals surface area contributed by atoms with Gasteiger partial charge in [-0.25, -0.2) is 4.39 Å². The number of amides is 2. The Bertz CT molecular complexity index is 1450. The summed E-state index contributed by atoms with van der Waals surface area (Å²) in [7, 11) is 0. The average Bonchev–Trinajstić information content (AvgIpc) is 3.24. The van der Waals surface area contributed by atoms with Crippen LogP contribution in [0.5, 0.6) is 0 Å². The van der Waals surface area contributed by atoms with Crippen molar-refractivity contribution in [3.8, 4) is 5.69 Å². The SMILES string of the molecule is Cc1cc(/C=C2\SC(=O)N(Cc3ccccc3F)C2=O)c(C)n1-c1ccc2ccccc2c1. The Hall–Kier alpha value is -3.64. The molecule has 2 amide bonds. The van der Waals surface area contributed by atoms with Crippen LogP contribution in [-0.2, 0) is 11.3 Å². The predicted molar refractivity (Wildman–Crippen MR) is 131 cm³/mol. The first kappa shape index (κ1) is 21.2. The van der Waals surface area contributed by atoms with Crippen LogP contribution in [0.2, 0.25) is 0 Å². The van der Waals surface area contributed by atoms with Crippen molar-refractivity contribution in [2.75, 3.05) is 0 Å². The van der Waals surface area contributed by atoms with Gasteiger partial charge in [0.15, 0.2) is 0 Å². The lowest BCUT2D eigenvalue weighted by Gasteiger charge is -2.12. The Balaban J connectivity index is 1.47. The van der Waals surface area contributed by atoms with E-state index in [1.54, 1.807) is 24.3 Å². The van der Waals surface area contributed by atoms with Crippen LogP contribution in [0.4, 0.5) is 9.18 Å². The second-order valence-corrected chi connectivity index (χ2v) is 9.05. The Labute approximate surface area is 195 Å². The van der Waals surface area contributed by atoms with Crippen LogP contribution in [0.1, 0.15) is 22.5 Å². The van der Waals surface area contributed by atoms with E-state index in [0.717, 1.165) is 44.7 Å². The van der Waals surface area contributed by atoms with Crippen molar-refractivity contribution < 1.29 is 14.0 Å². The van der Waals surface area contributed by atoms with E-state index in [4.69, 9.17) is 0 Å². The Morgan fingerprint density at radius 1 is 0.909 bits per heavy atom. The first-order valence-corrected chi connectivity index (χ1v) is 11.4. The molecule has 1 aliphatic rings. The molecule has 1 saturated heterocycles. The van der Waals surface area contributed by atoms with Gasteiger partial charge in [-0.3, -0.25) is 14.5 Å². The van der Waals surface area contributed by atoms with E-state index in [1.807, 2.05) is 32.0 Å². The summed E-state index contributed by atoms with van der Waals surface area (Å²) in [6.07, 6.45) is 1.76. The number of aromatic nitrogens is 1. The summed E-state index contributed by atoms with van der Waals surface area (Å²) < 4.78 is 16.2. The molecule has 0 N–H and O–H groups in total. The predicted octanol–water partition coefficient (Wildman–Crippen LogP) is 6.62. The molecular formula is C27H21FN2O2S. The fourth-order valence-electron chi connectivity index (χ4n) is 4.22. The van der Waals surface area contributed by atoms with Gasteiger partial charge in [-0.2, -0.15) is 0 Å². The van der Waals surface area contributed by atoms with E-state index in [9.17, 15) is 14.0 Å². The van der Waals surface area contributed by atoms with E-state index < -0.39 is 17.0 Å². The molecule has 4 aromatic rings. The molecule has 0 atom stereocenters. The number of carbonyl (C=O) groups excluding carboxylic acids is 2. The first-order valence-electron chi connectivity index (χ1n) is 10.6. The number of hydrogen-bond donors (Lipinski definition) is 0. The molecule has 33 heavy (non-hydrogen) atoms. The summed E-state index contributed by atoms with van der Waals surface area (Å²) in [5.74, 6) is -0.830. The molecule has 3 aromatic carbocycles. The van der Waals surface area contributed by atoms with Crippen molar-refractivity contribution in [3.05, 3.63) is 106 Å². The van der Waals surface area contributed by atoms with Gasteiger partial charge >= 0.3 is 0 Å². The molecule has 0 aliphatic carbocycles. The number of benzene rings is 3. The number of halogens is 1. The molecule has 0 unspecified atom stereocenters. The minimum atomic E-state index is -0.431. The van der Waals surface area contributed by atoms with Crippen LogP contribution in [0, 0.1) is 19.7 Å². The zero-order valence-corrected chi connectivity index (χ0v) is 19.0. The van der Waals surface area contributed by atoms with E-state index in [-0.39, 0.29) is 6.54 Å². The molecule has 0 saturated carbocycles. The number of nitrogens with zero attached hydrogens (tertiary/aromatic N) is 2. The molecule has 164 valence electrons. The summed E-state index contributed by atoms with van der Waals surface area (Å²) in [4.78, 5) is 26.9. The second kappa shape index (κ2) is 8.37. The molecule has 0 spiro atoms. The Morgan fingerprint density at radius 2 is 1.64 bits per heavy atom. The fourth-order valence-corrected chi connectivity index (χ4v) is 5.05. The second-order valence-electron chi connectivity index (χ2n) is 8.05. The molecule has 2 heterocycles. The van der Waals surface area contributed by atoms with E-state index in [0.29, 0.717) is 10.5 Å². The van der Waals surface area contributed by atoms with Gasteiger partial charge in [0.1, 0.15) is 5.82 Å². The maximum Gasteiger partial charge on any atom is 0.293 e. The summed E-state index contributed by atoms with van der Waals surface area (Å²) >= 11 is 0.890. The monoisotopic (exact) mass is 456 g/mol. The maximum absolute atomic E-state index is 14.0. The molecule has 0 bridgehead atoms. The normalized spacial score (nSPS) is 15.2. The summed E-state index contributed by atoms with van der Waals surface area (Å²) in [5.41, 5.74) is 4.23. The van der Waals surface area contributed by atoms with Crippen LogP contribution >= 0.6 is 11.8 Å². The Kier molecular flexibility index (Phi) is 5.38. The van der Waals surface area contributed by atoms with Gasteiger partial charge in [0.05, 0.1) is 11.4 Å². The third-order valence-electron chi connectivity index (χ3n) is 5.91. The lowest BCUT2D eigenvalue weighted by molar-refractivity contribution is -0.123. The third kappa shape index (κ3) is 3.87. The van der Waals surface area contributed by atoms with Crippen molar-refractivity contribution in [2.45, 2.75) is 20.4 Å². The first-order chi connectivity index (χ1) is 15.9. The van der Waals surface area contributed by atoms with Gasteiger partial charge in [0.2, 0.25) is 0 Å². The zero-order chi connectivity index (χ0) is 23.1. The minimum Gasteiger partial charge on any atom is -0.318 e. The van der Waals surface area contributed by atoms with Crippen molar-refractivity contribution in [1.29, 1.82) is 0 Å². The minimum absolute atomic E-state index is 0.0786. The quantitative estimate of drug-likeness (QED) is 0.324. The average molecular weight is 457 g/mol. The summed E-state index contributed by atoms with van der Waals surface area (Å²) in [6, 6.07) is 22.7. The number of aryl methyl sites for hydroxylation is 1. The van der Waals surface area contributed by atoms with Crippen LogP contribution in [0.25, 0.3) is 22.5 Å². The molecule has 5 rings (SSSR count). The number of thioether (sulfide) groups is 1. The molecule has 6 heteroatoms. The summed E-state index contributed by atoms with van der Waals surface area (Å²) in [5, 5.41) is 1.93. The van der Waals surface area contributed by atoms with E-state index in [1.165, 1.54) is 11.5 Å². The smallest absolute Gasteiger partial charge is 0.293 e. The molecule has 0 radical (unpaired) electrons. The topological polar surface area (TPSA) is 42.3 Å². The van der Waals surface area contributed by atoms with Gasteiger partial charge in [-0.05, 0) is 72.3 Å². The van der Waals surface area contributed by atoms with Gasteiger partial charge in [0.25, 0.3) is 11.1 Å². The molecular weight excluding hydrogens is 435 g/mol. The lowest BCUT2D eigenvalue weighted by Crippen LogP contribution is -2.27. The van der Waals surface area contributed by atoms with Crippen LogP contribution < -0.4 is 0 Å². The maximum atomic E-state index is 14.0. The number of hydrogen-bond acceptors (Lipinski definition) is 3. The molecule has 1 fully saturated rings. The molecule has 4 nitrogen and oxygen atoms in total. The van der Waals surface area contributed by atoms with Crippen LogP contribution in [-0.4, -0.2) is 20.6 Å². The standard InChI is InChI=1S/C27H21FN2O2S/c1-17-13-22(18(2)30(17)23-12-11-19-7-3-4-8-20(19)14-23)15-25-26(31)29(27(32)33-25)16-21-9-5-6-10-24(21)28/h3-15H,16H2,1-2H3/b25-15-. The highest BCUT2D eigenvalue weighted by molar-refractivity contribution is 8.18. The van der Waals surface area contributed by atoms with Gasteiger partial charge in [0, 0.05) is 22.6 Å². The molecule has 1 aromatic heterocycles. The van der Waals surface area contributed by atoms with Gasteiger partial charge in [-0.1, -0.05) is 48.5 Å². The van der Waals surface area contributed by atoms with E-state index in [2.05, 4.69) is 34.9 Å². The lowest BCUT2D eigenvalue weighted by atomic mass is 10.1. The highest BCUT2D eigenvalue weighted by Gasteiger charge is 2.35. The highest BCUT2D eigenvalue weighted by Crippen LogP contribution is 2.35. The highest BCUT2D eigenvalue weighted by atomic mass is 32.2.